The van der Waals surface area contributed by atoms with Crippen molar-refractivity contribution in [3.05, 3.63) is 0 Å². The minimum absolute atomic E-state index is 0.0845. The van der Waals surface area contributed by atoms with Gasteiger partial charge in [0, 0.05) is 45.3 Å². The topological polar surface area (TPSA) is 73.0 Å². The second-order valence-corrected chi connectivity index (χ2v) is 6.41. The van der Waals surface area contributed by atoms with Crippen molar-refractivity contribution < 1.29 is 14.4 Å². The number of nitrogens with one attached hydrogen (secondary N) is 1. The predicted octanol–water partition coefficient (Wildman–Crippen LogP) is -0.724. The van der Waals surface area contributed by atoms with Gasteiger partial charge in [-0.3, -0.25) is 19.3 Å². The Morgan fingerprint density at radius 3 is 2.23 bits per heavy atom. The summed E-state index contributed by atoms with van der Waals surface area (Å²) in [6, 6.07) is 0.378. The molecular formula is C15H26N4O3. The molecule has 22 heavy (non-hydrogen) atoms. The van der Waals surface area contributed by atoms with E-state index in [1.54, 1.807) is 16.8 Å². The van der Waals surface area contributed by atoms with E-state index in [0.29, 0.717) is 32.7 Å². The number of hydrogen-bond donors (Lipinski definition) is 1. The van der Waals surface area contributed by atoms with Crippen LogP contribution in [0.25, 0.3) is 0 Å². The van der Waals surface area contributed by atoms with Gasteiger partial charge >= 0.3 is 11.8 Å². The second-order valence-electron chi connectivity index (χ2n) is 6.41. The van der Waals surface area contributed by atoms with Crippen LogP contribution in [0, 0.1) is 0 Å². The van der Waals surface area contributed by atoms with E-state index in [2.05, 4.69) is 5.32 Å². The van der Waals surface area contributed by atoms with Crippen molar-refractivity contribution in [2.75, 3.05) is 39.8 Å². The molecule has 0 unspecified atom stereocenters. The molecule has 2 fully saturated rings. The van der Waals surface area contributed by atoms with Gasteiger partial charge in [0.1, 0.15) is 0 Å². The summed E-state index contributed by atoms with van der Waals surface area (Å²) in [7, 11) is 1.80. The normalized spacial score (nSPS) is 19.2. The van der Waals surface area contributed by atoms with E-state index < -0.39 is 11.8 Å². The molecular weight excluding hydrogens is 284 g/mol. The Labute approximate surface area is 131 Å². The number of rotatable bonds is 4. The van der Waals surface area contributed by atoms with Crippen LogP contribution in [0.15, 0.2) is 0 Å². The third-order valence-electron chi connectivity index (χ3n) is 4.29. The molecule has 1 aliphatic carbocycles. The molecule has 0 bridgehead atoms. The van der Waals surface area contributed by atoms with Crippen LogP contribution in [0.4, 0.5) is 0 Å². The number of piperazine rings is 1. The fourth-order valence-electron chi connectivity index (χ4n) is 2.32. The van der Waals surface area contributed by atoms with E-state index in [0.717, 1.165) is 12.8 Å². The summed E-state index contributed by atoms with van der Waals surface area (Å²) in [5.41, 5.74) is 0. The Morgan fingerprint density at radius 1 is 1.14 bits per heavy atom. The molecule has 1 N–H and O–H groups in total. The maximum atomic E-state index is 12.0. The van der Waals surface area contributed by atoms with E-state index in [-0.39, 0.29) is 18.0 Å². The highest BCUT2D eigenvalue weighted by molar-refractivity contribution is 6.35. The quantitative estimate of drug-likeness (QED) is 0.695. The Kier molecular flexibility index (Phi) is 5.39. The first-order chi connectivity index (χ1) is 10.4. The Hall–Kier alpha value is -1.63. The lowest BCUT2D eigenvalue weighted by Crippen LogP contribution is -2.54. The molecule has 0 aromatic carbocycles. The highest BCUT2D eigenvalue weighted by atomic mass is 16.2. The zero-order chi connectivity index (χ0) is 16.3. The first kappa shape index (κ1) is 16.7. The van der Waals surface area contributed by atoms with Gasteiger partial charge in [0.05, 0.1) is 6.54 Å². The van der Waals surface area contributed by atoms with Crippen molar-refractivity contribution in [2.24, 2.45) is 0 Å². The Bertz CT molecular complexity index is 440. The molecule has 1 aliphatic heterocycles. The highest BCUT2D eigenvalue weighted by Crippen LogP contribution is 2.18. The van der Waals surface area contributed by atoms with Gasteiger partial charge in [-0.1, -0.05) is 0 Å². The summed E-state index contributed by atoms with van der Waals surface area (Å²) in [6.45, 7) is 6.57. The molecule has 1 saturated carbocycles. The Morgan fingerprint density at radius 2 is 1.73 bits per heavy atom. The number of carbonyl (C=O) groups is 3. The molecule has 1 heterocycles. The maximum Gasteiger partial charge on any atom is 0.311 e. The van der Waals surface area contributed by atoms with Gasteiger partial charge in [0.15, 0.2) is 0 Å². The van der Waals surface area contributed by atoms with Crippen molar-refractivity contribution >= 4 is 17.7 Å². The van der Waals surface area contributed by atoms with Crippen LogP contribution in [0.5, 0.6) is 0 Å². The number of likely N-dealkylation sites (N-methyl/N-ethyl adjacent to an activating group) is 1. The molecule has 0 aromatic heterocycles. The standard InChI is InChI=1S/C15H26N4O3/c1-11(2)17(3)13(20)10-18-6-8-19(9-7-18)15(22)14(21)16-12-4-5-12/h11-12H,4-10H2,1-3H3,(H,16,21). The SMILES string of the molecule is CC(C)N(C)C(=O)CN1CCN(C(=O)C(=O)NC2CC2)CC1. The number of amides is 3. The molecule has 0 aromatic rings. The van der Waals surface area contributed by atoms with E-state index in [1.165, 1.54) is 0 Å². The second kappa shape index (κ2) is 7.09. The predicted molar refractivity (Wildman–Crippen MR) is 82.1 cm³/mol. The first-order valence-electron chi connectivity index (χ1n) is 7.96. The third kappa shape index (κ3) is 4.43. The molecule has 3 amide bonds. The summed E-state index contributed by atoms with van der Waals surface area (Å²) in [5, 5.41) is 2.72. The fourth-order valence-corrected chi connectivity index (χ4v) is 2.32. The lowest BCUT2D eigenvalue weighted by molar-refractivity contribution is -0.147. The van der Waals surface area contributed by atoms with E-state index in [4.69, 9.17) is 0 Å². The van der Waals surface area contributed by atoms with Gasteiger partial charge in [-0.15, -0.1) is 0 Å². The zero-order valence-electron chi connectivity index (χ0n) is 13.7. The van der Waals surface area contributed by atoms with Crippen LogP contribution in [0.3, 0.4) is 0 Å². The maximum absolute atomic E-state index is 12.0. The number of nitrogens with zero attached hydrogens (tertiary/aromatic N) is 3. The van der Waals surface area contributed by atoms with Crippen molar-refractivity contribution in [3.63, 3.8) is 0 Å². The molecule has 0 spiro atoms. The average Bonchev–Trinajstić information content (AvgIpc) is 3.30. The van der Waals surface area contributed by atoms with Gasteiger partial charge < -0.3 is 15.1 Å². The van der Waals surface area contributed by atoms with E-state index in [1.807, 2.05) is 18.7 Å². The summed E-state index contributed by atoms with van der Waals surface area (Å²) < 4.78 is 0. The van der Waals surface area contributed by atoms with Gasteiger partial charge in [0.25, 0.3) is 0 Å². The van der Waals surface area contributed by atoms with Crippen LogP contribution in [-0.2, 0) is 14.4 Å². The molecule has 1 saturated heterocycles. The molecule has 0 atom stereocenters. The number of carbonyl (C=O) groups excluding carboxylic acids is 3. The van der Waals surface area contributed by atoms with E-state index >= 15 is 0 Å². The molecule has 7 heteroatoms. The minimum atomic E-state index is -0.494. The van der Waals surface area contributed by atoms with Gasteiger partial charge in [-0.05, 0) is 26.7 Å². The lowest BCUT2D eigenvalue weighted by Gasteiger charge is -2.35. The Balaban J connectivity index is 1.74. The molecule has 2 rings (SSSR count). The molecule has 0 radical (unpaired) electrons. The molecule has 124 valence electrons. The van der Waals surface area contributed by atoms with Gasteiger partial charge in [-0.25, -0.2) is 0 Å². The van der Waals surface area contributed by atoms with Crippen molar-refractivity contribution in [3.8, 4) is 0 Å². The van der Waals surface area contributed by atoms with Crippen LogP contribution in [0.2, 0.25) is 0 Å². The van der Waals surface area contributed by atoms with Crippen LogP contribution < -0.4 is 5.32 Å². The summed E-state index contributed by atoms with van der Waals surface area (Å²) in [5.74, 6) is -0.856. The summed E-state index contributed by atoms with van der Waals surface area (Å²) in [6.07, 6.45) is 1.94. The fraction of sp³-hybridized carbons (Fsp3) is 0.800. The monoisotopic (exact) mass is 310 g/mol. The van der Waals surface area contributed by atoms with Crippen molar-refractivity contribution in [1.82, 2.24) is 20.0 Å². The van der Waals surface area contributed by atoms with Gasteiger partial charge in [-0.2, -0.15) is 0 Å². The summed E-state index contributed by atoms with van der Waals surface area (Å²) in [4.78, 5) is 41.1. The smallest absolute Gasteiger partial charge is 0.311 e. The molecule has 2 aliphatic rings. The summed E-state index contributed by atoms with van der Waals surface area (Å²) >= 11 is 0. The van der Waals surface area contributed by atoms with Gasteiger partial charge in [0.2, 0.25) is 5.91 Å². The lowest BCUT2D eigenvalue weighted by atomic mass is 10.2. The zero-order valence-corrected chi connectivity index (χ0v) is 13.7. The van der Waals surface area contributed by atoms with Crippen LogP contribution >= 0.6 is 0 Å². The minimum Gasteiger partial charge on any atom is -0.345 e. The largest absolute Gasteiger partial charge is 0.345 e. The molecule has 7 nitrogen and oxygen atoms in total. The number of hydrogen-bond acceptors (Lipinski definition) is 4. The third-order valence-corrected chi connectivity index (χ3v) is 4.29. The first-order valence-corrected chi connectivity index (χ1v) is 7.96. The van der Waals surface area contributed by atoms with E-state index in [9.17, 15) is 14.4 Å². The van der Waals surface area contributed by atoms with Crippen molar-refractivity contribution in [2.45, 2.75) is 38.8 Å². The van der Waals surface area contributed by atoms with Crippen molar-refractivity contribution in [1.29, 1.82) is 0 Å². The average molecular weight is 310 g/mol. The van der Waals surface area contributed by atoms with Crippen LogP contribution in [-0.4, -0.2) is 84.3 Å². The van der Waals surface area contributed by atoms with Crippen LogP contribution in [0.1, 0.15) is 26.7 Å². The highest BCUT2D eigenvalue weighted by Gasteiger charge is 2.31.